The molecule has 3 rings (SSSR count). The second kappa shape index (κ2) is 10.5. The summed E-state index contributed by atoms with van der Waals surface area (Å²) in [6.07, 6.45) is 4.00. The van der Waals surface area contributed by atoms with Gasteiger partial charge in [-0.2, -0.15) is 4.98 Å². The number of hydrogen-bond acceptors (Lipinski definition) is 8. The lowest BCUT2D eigenvalue weighted by Crippen LogP contribution is -2.45. The molecule has 1 unspecified atom stereocenters. The van der Waals surface area contributed by atoms with Crippen molar-refractivity contribution in [3.8, 4) is 11.5 Å². The molecule has 0 radical (unpaired) electrons. The summed E-state index contributed by atoms with van der Waals surface area (Å²) in [7, 11) is 3.26. The molecule has 0 aliphatic carbocycles. The Kier molecular flexibility index (Phi) is 7.69. The van der Waals surface area contributed by atoms with Crippen LogP contribution in [0, 0.1) is 0 Å². The molecule has 2 aromatic heterocycles. The molecule has 0 aliphatic heterocycles. The van der Waals surface area contributed by atoms with Crippen molar-refractivity contribution in [3.63, 3.8) is 0 Å². The Morgan fingerprint density at radius 2 is 1.97 bits per heavy atom. The summed E-state index contributed by atoms with van der Waals surface area (Å²) in [6.45, 7) is 6.43. The summed E-state index contributed by atoms with van der Waals surface area (Å²) >= 11 is 0. The van der Waals surface area contributed by atoms with Crippen LogP contribution in [0.3, 0.4) is 0 Å². The average Bonchev–Trinajstić information content (AvgIpc) is 2.81. The van der Waals surface area contributed by atoms with Gasteiger partial charge in [-0.3, -0.25) is 4.98 Å². The number of hydrogen-bond donors (Lipinski definition) is 3. The number of rotatable bonds is 11. The van der Waals surface area contributed by atoms with Crippen molar-refractivity contribution in [1.29, 1.82) is 0 Å². The first-order chi connectivity index (χ1) is 15.4. The Hall–Kier alpha value is -3.13. The Morgan fingerprint density at radius 3 is 2.66 bits per heavy atom. The highest BCUT2D eigenvalue weighted by molar-refractivity contribution is 5.86. The van der Waals surface area contributed by atoms with E-state index in [1.165, 1.54) is 0 Å². The number of unbranched alkanes of at least 4 members (excludes halogenated alkanes) is 1. The van der Waals surface area contributed by atoms with Crippen molar-refractivity contribution in [2.24, 2.45) is 0 Å². The zero-order valence-corrected chi connectivity index (χ0v) is 19.5. The molecule has 0 bridgehead atoms. The van der Waals surface area contributed by atoms with Gasteiger partial charge in [-0.15, -0.1) is 0 Å². The van der Waals surface area contributed by atoms with Gasteiger partial charge in [0.25, 0.3) is 0 Å². The van der Waals surface area contributed by atoms with Crippen LogP contribution in [0.2, 0.25) is 0 Å². The number of aliphatic hydroxyl groups excluding tert-OH is 1. The van der Waals surface area contributed by atoms with E-state index in [0.29, 0.717) is 23.8 Å². The van der Waals surface area contributed by atoms with Crippen LogP contribution in [0.15, 0.2) is 36.5 Å². The summed E-state index contributed by atoms with van der Waals surface area (Å²) in [6, 6.07) is 9.43. The topological polar surface area (TPSA) is 101 Å². The van der Waals surface area contributed by atoms with E-state index in [-0.39, 0.29) is 0 Å². The normalized spacial score (nSPS) is 13.9. The number of nitrogens with zero attached hydrogens (tertiary/aromatic N) is 3. The third kappa shape index (κ3) is 5.37. The van der Waals surface area contributed by atoms with Gasteiger partial charge < -0.3 is 25.2 Å². The van der Waals surface area contributed by atoms with Crippen molar-refractivity contribution in [2.45, 2.75) is 58.2 Å². The number of aromatic nitrogens is 3. The second-order valence-corrected chi connectivity index (χ2v) is 8.12. The van der Waals surface area contributed by atoms with Crippen LogP contribution in [-0.2, 0) is 6.54 Å². The average molecular weight is 440 g/mol. The van der Waals surface area contributed by atoms with Crippen LogP contribution in [0.4, 0.5) is 11.8 Å². The van der Waals surface area contributed by atoms with Crippen LogP contribution in [0.25, 0.3) is 11.0 Å². The van der Waals surface area contributed by atoms with Crippen LogP contribution < -0.4 is 20.1 Å². The monoisotopic (exact) mass is 439 g/mol. The van der Waals surface area contributed by atoms with Gasteiger partial charge in [-0.25, -0.2) is 4.98 Å². The van der Waals surface area contributed by atoms with E-state index < -0.39 is 11.6 Å². The Balaban J connectivity index is 1.91. The minimum atomic E-state index is -0.567. The fraction of sp³-hybridized carbons (Fsp3) is 0.458. The lowest BCUT2D eigenvalue weighted by Gasteiger charge is -2.34. The van der Waals surface area contributed by atoms with Crippen molar-refractivity contribution in [2.75, 3.05) is 24.9 Å². The standard InChI is InChI=1S/C24H33N5O3/c1-6-7-12-24(3,16(2)30)29-22-21-19(9-8-13-25-21)27-23(28-22)26-15-17-10-11-18(31-4)14-20(17)32-5/h8-11,13-14,16,30H,6-7,12,15H2,1-5H3,(H2,26,27,28,29)/t16?,24-/m1/s1. The molecule has 8 heteroatoms. The van der Waals surface area contributed by atoms with E-state index >= 15 is 0 Å². The molecule has 1 aromatic carbocycles. The van der Waals surface area contributed by atoms with Gasteiger partial charge in [0.05, 0.1) is 31.4 Å². The van der Waals surface area contributed by atoms with Crippen LogP contribution in [0.5, 0.6) is 11.5 Å². The summed E-state index contributed by atoms with van der Waals surface area (Å²) in [4.78, 5) is 13.8. The largest absolute Gasteiger partial charge is 0.497 e. The van der Waals surface area contributed by atoms with Gasteiger partial charge in [-0.05, 0) is 44.5 Å². The quantitative estimate of drug-likeness (QED) is 0.404. The SMILES string of the molecule is CCCC[C@@](C)(Nc1nc(NCc2ccc(OC)cc2OC)nc2cccnc12)C(C)O. The molecule has 2 atom stereocenters. The maximum Gasteiger partial charge on any atom is 0.225 e. The first-order valence-electron chi connectivity index (χ1n) is 10.9. The number of fused-ring (bicyclic) bond motifs is 1. The van der Waals surface area contributed by atoms with Gasteiger partial charge >= 0.3 is 0 Å². The molecule has 0 saturated heterocycles. The molecule has 0 spiro atoms. The summed E-state index contributed by atoms with van der Waals surface area (Å²) in [5.74, 6) is 2.52. The molecule has 3 aromatic rings. The molecule has 3 N–H and O–H groups in total. The zero-order valence-electron chi connectivity index (χ0n) is 19.5. The molecule has 2 heterocycles. The Morgan fingerprint density at radius 1 is 1.16 bits per heavy atom. The van der Waals surface area contributed by atoms with Crippen LogP contribution >= 0.6 is 0 Å². The van der Waals surface area contributed by atoms with Gasteiger partial charge in [0.1, 0.15) is 17.0 Å². The minimum Gasteiger partial charge on any atom is -0.497 e. The Bertz CT molecular complexity index is 1040. The van der Waals surface area contributed by atoms with Gasteiger partial charge in [-0.1, -0.05) is 19.8 Å². The minimum absolute atomic E-state index is 0.467. The maximum absolute atomic E-state index is 10.5. The summed E-state index contributed by atoms with van der Waals surface area (Å²) in [5, 5.41) is 17.2. The van der Waals surface area contributed by atoms with E-state index in [0.717, 1.165) is 41.8 Å². The van der Waals surface area contributed by atoms with E-state index in [9.17, 15) is 5.11 Å². The lowest BCUT2D eigenvalue weighted by molar-refractivity contribution is 0.116. The number of nitrogens with one attached hydrogen (secondary N) is 2. The lowest BCUT2D eigenvalue weighted by atomic mass is 9.89. The fourth-order valence-corrected chi connectivity index (χ4v) is 3.50. The van der Waals surface area contributed by atoms with Crippen molar-refractivity contribution >= 4 is 22.8 Å². The number of ether oxygens (including phenoxy) is 2. The molecule has 172 valence electrons. The fourth-order valence-electron chi connectivity index (χ4n) is 3.50. The second-order valence-electron chi connectivity index (χ2n) is 8.12. The van der Waals surface area contributed by atoms with E-state index in [1.54, 1.807) is 27.3 Å². The molecule has 32 heavy (non-hydrogen) atoms. The van der Waals surface area contributed by atoms with E-state index in [1.807, 2.05) is 37.3 Å². The molecule has 0 aliphatic rings. The molecule has 8 nitrogen and oxygen atoms in total. The number of anilines is 2. The van der Waals surface area contributed by atoms with Crippen LogP contribution in [-0.4, -0.2) is 45.9 Å². The van der Waals surface area contributed by atoms with E-state index in [2.05, 4.69) is 27.5 Å². The predicted molar refractivity (Wildman–Crippen MR) is 127 cm³/mol. The van der Waals surface area contributed by atoms with Gasteiger partial charge in [0, 0.05) is 24.4 Å². The predicted octanol–water partition coefficient (Wildman–Crippen LogP) is 4.40. The highest BCUT2D eigenvalue weighted by atomic mass is 16.5. The van der Waals surface area contributed by atoms with Crippen LogP contribution in [0.1, 0.15) is 45.6 Å². The number of pyridine rings is 1. The smallest absolute Gasteiger partial charge is 0.225 e. The third-order valence-corrected chi connectivity index (χ3v) is 5.76. The maximum atomic E-state index is 10.5. The first kappa shape index (κ1) is 23.5. The first-order valence-corrected chi connectivity index (χ1v) is 10.9. The molecule has 0 amide bonds. The molecular weight excluding hydrogens is 406 g/mol. The van der Waals surface area contributed by atoms with E-state index in [4.69, 9.17) is 14.5 Å². The van der Waals surface area contributed by atoms with Gasteiger partial charge in [0.15, 0.2) is 5.82 Å². The van der Waals surface area contributed by atoms with Crippen molar-refractivity contribution in [1.82, 2.24) is 15.0 Å². The van der Waals surface area contributed by atoms with Crippen molar-refractivity contribution in [3.05, 3.63) is 42.1 Å². The van der Waals surface area contributed by atoms with Gasteiger partial charge in [0.2, 0.25) is 5.95 Å². The summed E-state index contributed by atoms with van der Waals surface area (Å²) < 4.78 is 10.8. The zero-order chi connectivity index (χ0) is 23.1. The Labute approximate surface area is 189 Å². The highest BCUT2D eigenvalue weighted by Gasteiger charge is 2.30. The molecule has 0 saturated carbocycles. The molecule has 0 fully saturated rings. The number of benzene rings is 1. The summed E-state index contributed by atoms with van der Waals surface area (Å²) in [5.41, 5.74) is 1.81. The van der Waals surface area contributed by atoms with Crippen molar-refractivity contribution < 1.29 is 14.6 Å². The highest BCUT2D eigenvalue weighted by Crippen LogP contribution is 2.29. The third-order valence-electron chi connectivity index (χ3n) is 5.76. The molecular formula is C24H33N5O3. The number of methoxy groups -OCH3 is 2. The number of aliphatic hydroxyl groups is 1.